The van der Waals surface area contributed by atoms with Gasteiger partial charge in [-0.1, -0.05) is 22.0 Å². The zero-order valence-corrected chi connectivity index (χ0v) is 14.0. The van der Waals surface area contributed by atoms with Crippen molar-refractivity contribution in [2.24, 2.45) is 0 Å². The lowest BCUT2D eigenvalue weighted by Gasteiger charge is -2.21. The molecule has 0 radical (unpaired) electrons. The second-order valence-corrected chi connectivity index (χ2v) is 7.45. The lowest BCUT2D eigenvalue weighted by atomic mass is 10.1. The van der Waals surface area contributed by atoms with Gasteiger partial charge in [-0.25, -0.2) is 0 Å². The van der Waals surface area contributed by atoms with E-state index in [-0.39, 0.29) is 12.1 Å². The highest BCUT2D eigenvalue weighted by atomic mass is 79.9. The maximum atomic E-state index is 9.32. The standard InChI is InChI=1S/C14H22BrNO2S/c1-14(2,3)16-7-10-4-5-12(6-13(10)15)19-9-11(18)8-17/h4-6,11,16-18H,7-9H2,1-3H3. The second-order valence-electron chi connectivity index (χ2n) is 5.50. The predicted molar refractivity (Wildman–Crippen MR) is 84.6 cm³/mol. The van der Waals surface area contributed by atoms with E-state index in [0.29, 0.717) is 5.75 Å². The van der Waals surface area contributed by atoms with Crippen LogP contribution in [0.1, 0.15) is 26.3 Å². The van der Waals surface area contributed by atoms with Crippen molar-refractivity contribution < 1.29 is 10.2 Å². The first kappa shape index (κ1) is 17.0. The van der Waals surface area contributed by atoms with Crippen molar-refractivity contribution in [3.05, 3.63) is 28.2 Å². The van der Waals surface area contributed by atoms with Gasteiger partial charge in [-0.15, -0.1) is 11.8 Å². The topological polar surface area (TPSA) is 52.5 Å². The van der Waals surface area contributed by atoms with E-state index in [1.54, 1.807) is 0 Å². The minimum atomic E-state index is -0.661. The van der Waals surface area contributed by atoms with Gasteiger partial charge < -0.3 is 15.5 Å². The van der Waals surface area contributed by atoms with E-state index in [1.165, 1.54) is 17.3 Å². The first-order valence-electron chi connectivity index (χ1n) is 6.27. The third-order valence-corrected chi connectivity index (χ3v) is 4.36. The Morgan fingerprint density at radius 2 is 2.05 bits per heavy atom. The summed E-state index contributed by atoms with van der Waals surface area (Å²) in [7, 11) is 0. The highest BCUT2D eigenvalue weighted by Crippen LogP contribution is 2.26. The van der Waals surface area contributed by atoms with Gasteiger partial charge >= 0.3 is 0 Å². The van der Waals surface area contributed by atoms with E-state index in [1.807, 2.05) is 6.07 Å². The summed E-state index contributed by atoms with van der Waals surface area (Å²) < 4.78 is 1.06. The number of aliphatic hydroxyl groups is 2. The van der Waals surface area contributed by atoms with E-state index < -0.39 is 6.10 Å². The molecule has 1 rings (SSSR count). The van der Waals surface area contributed by atoms with Crippen LogP contribution in [0.25, 0.3) is 0 Å². The van der Waals surface area contributed by atoms with Crippen LogP contribution in [0.4, 0.5) is 0 Å². The van der Waals surface area contributed by atoms with Gasteiger partial charge in [0.15, 0.2) is 0 Å². The Kier molecular flexibility index (Phi) is 6.83. The molecule has 0 heterocycles. The fraction of sp³-hybridized carbons (Fsp3) is 0.571. The molecule has 0 aliphatic rings. The van der Waals surface area contributed by atoms with Crippen LogP contribution < -0.4 is 5.32 Å². The van der Waals surface area contributed by atoms with Crippen LogP contribution in [-0.4, -0.2) is 34.2 Å². The Hall–Kier alpha value is -0.0700. The van der Waals surface area contributed by atoms with E-state index in [9.17, 15) is 5.11 Å². The summed E-state index contributed by atoms with van der Waals surface area (Å²) in [6, 6.07) is 6.17. The van der Waals surface area contributed by atoms with Crippen molar-refractivity contribution in [1.82, 2.24) is 5.32 Å². The minimum Gasteiger partial charge on any atom is -0.394 e. The Morgan fingerprint density at radius 3 is 2.58 bits per heavy atom. The van der Waals surface area contributed by atoms with Gasteiger partial charge in [0.2, 0.25) is 0 Å². The number of hydrogen-bond donors (Lipinski definition) is 3. The third-order valence-electron chi connectivity index (χ3n) is 2.49. The Balaban J connectivity index is 2.59. The van der Waals surface area contributed by atoms with E-state index in [4.69, 9.17) is 5.11 Å². The number of aliphatic hydroxyl groups excluding tert-OH is 2. The highest BCUT2D eigenvalue weighted by Gasteiger charge is 2.10. The normalized spacial score (nSPS) is 13.6. The molecule has 0 saturated heterocycles. The lowest BCUT2D eigenvalue weighted by Crippen LogP contribution is -2.35. The summed E-state index contributed by atoms with van der Waals surface area (Å²) in [5.41, 5.74) is 1.31. The van der Waals surface area contributed by atoms with Gasteiger partial charge in [0.25, 0.3) is 0 Å². The van der Waals surface area contributed by atoms with Gasteiger partial charge in [-0.05, 0) is 38.5 Å². The third kappa shape index (κ3) is 6.77. The lowest BCUT2D eigenvalue weighted by molar-refractivity contribution is 0.113. The molecule has 1 atom stereocenters. The summed E-state index contributed by atoms with van der Waals surface area (Å²) in [5, 5.41) is 21.5. The maximum absolute atomic E-state index is 9.32. The van der Waals surface area contributed by atoms with Crippen LogP contribution in [0.5, 0.6) is 0 Å². The van der Waals surface area contributed by atoms with Crippen molar-refractivity contribution in [3.63, 3.8) is 0 Å². The zero-order valence-electron chi connectivity index (χ0n) is 11.6. The predicted octanol–water partition coefficient (Wildman–Crippen LogP) is 2.78. The summed E-state index contributed by atoms with van der Waals surface area (Å²) in [5.74, 6) is 0.503. The van der Waals surface area contributed by atoms with Gasteiger partial charge in [0.1, 0.15) is 0 Å². The van der Waals surface area contributed by atoms with E-state index >= 15 is 0 Å². The summed E-state index contributed by atoms with van der Waals surface area (Å²) in [4.78, 5) is 1.08. The molecular formula is C14H22BrNO2S. The molecule has 0 saturated carbocycles. The number of halogens is 1. The van der Waals surface area contributed by atoms with Crippen molar-refractivity contribution in [1.29, 1.82) is 0 Å². The molecule has 0 aliphatic heterocycles. The zero-order chi connectivity index (χ0) is 14.5. The molecule has 0 bridgehead atoms. The Labute approximate surface area is 127 Å². The number of hydrogen-bond acceptors (Lipinski definition) is 4. The van der Waals surface area contributed by atoms with E-state index in [0.717, 1.165) is 15.9 Å². The average Bonchev–Trinajstić information content (AvgIpc) is 2.33. The van der Waals surface area contributed by atoms with Crippen molar-refractivity contribution in [2.45, 2.75) is 43.9 Å². The second kappa shape index (κ2) is 7.64. The maximum Gasteiger partial charge on any atom is 0.0864 e. The molecule has 1 unspecified atom stereocenters. The molecule has 1 aromatic rings. The first-order valence-corrected chi connectivity index (χ1v) is 8.05. The van der Waals surface area contributed by atoms with Crippen LogP contribution >= 0.6 is 27.7 Å². The SMILES string of the molecule is CC(C)(C)NCc1ccc(SCC(O)CO)cc1Br. The number of benzene rings is 1. The van der Waals surface area contributed by atoms with Crippen molar-refractivity contribution >= 4 is 27.7 Å². The summed E-state index contributed by atoms with van der Waals surface area (Å²) in [6.07, 6.45) is -0.661. The number of nitrogens with one attached hydrogen (secondary N) is 1. The van der Waals surface area contributed by atoms with Crippen LogP contribution in [0, 0.1) is 0 Å². The van der Waals surface area contributed by atoms with E-state index in [2.05, 4.69) is 54.2 Å². The van der Waals surface area contributed by atoms with Gasteiger partial charge in [0, 0.05) is 27.2 Å². The highest BCUT2D eigenvalue weighted by molar-refractivity contribution is 9.10. The smallest absolute Gasteiger partial charge is 0.0864 e. The fourth-order valence-corrected chi connectivity index (χ4v) is 2.89. The molecule has 3 N–H and O–H groups in total. The van der Waals surface area contributed by atoms with Crippen molar-refractivity contribution in [3.8, 4) is 0 Å². The molecular weight excluding hydrogens is 326 g/mol. The summed E-state index contributed by atoms with van der Waals surface area (Å²) in [6.45, 7) is 7.04. The number of thioether (sulfide) groups is 1. The van der Waals surface area contributed by atoms with Gasteiger partial charge in [-0.2, -0.15) is 0 Å². The fourth-order valence-electron chi connectivity index (χ4n) is 1.37. The first-order chi connectivity index (χ1) is 8.81. The molecule has 0 aromatic heterocycles. The van der Waals surface area contributed by atoms with Crippen molar-refractivity contribution in [2.75, 3.05) is 12.4 Å². The summed E-state index contributed by atoms with van der Waals surface area (Å²) >= 11 is 5.11. The molecule has 0 amide bonds. The molecule has 0 spiro atoms. The molecule has 5 heteroatoms. The van der Waals surface area contributed by atoms with Gasteiger partial charge in [-0.3, -0.25) is 0 Å². The Bertz CT molecular complexity index is 407. The molecule has 0 aliphatic carbocycles. The van der Waals surface area contributed by atoms with Crippen LogP contribution in [0.3, 0.4) is 0 Å². The Morgan fingerprint density at radius 1 is 1.37 bits per heavy atom. The van der Waals surface area contributed by atoms with Crippen LogP contribution in [0.15, 0.2) is 27.6 Å². The van der Waals surface area contributed by atoms with Gasteiger partial charge in [0.05, 0.1) is 12.7 Å². The molecule has 19 heavy (non-hydrogen) atoms. The monoisotopic (exact) mass is 347 g/mol. The quantitative estimate of drug-likeness (QED) is 0.692. The molecule has 1 aromatic carbocycles. The molecule has 3 nitrogen and oxygen atoms in total. The molecule has 108 valence electrons. The van der Waals surface area contributed by atoms with Crippen LogP contribution in [0.2, 0.25) is 0 Å². The largest absolute Gasteiger partial charge is 0.394 e. The van der Waals surface area contributed by atoms with Crippen LogP contribution in [-0.2, 0) is 6.54 Å². The average molecular weight is 348 g/mol. The number of rotatable bonds is 6. The molecule has 0 fully saturated rings. The minimum absolute atomic E-state index is 0.0953.